The SMILES string of the molecule is Cc1cc(Cl)ccc1Cn1nc(C(=O)NCCc2nnc3ccccn23)c2ccccc21. The minimum Gasteiger partial charge on any atom is -0.350 e. The lowest BCUT2D eigenvalue weighted by Gasteiger charge is -2.07. The van der Waals surface area contributed by atoms with Crippen LogP contribution in [-0.4, -0.2) is 36.8 Å². The summed E-state index contributed by atoms with van der Waals surface area (Å²) in [6.45, 7) is 3.02. The number of rotatable bonds is 6. The summed E-state index contributed by atoms with van der Waals surface area (Å²) in [5, 5.41) is 17.5. The fourth-order valence-corrected chi connectivity index (χ4v) is 4.07. The van der Waals surface area contributed by atoms with Crippen LogP contribution >= 0.6 is 11.6 Å². The molecule has 0 spiro atoms. The van der Waals surface area contributed by atoms with Gasteiger partial charge in [0, 0.05) is 29.6 Å². The van der Waals surface area contributed by atoms with Gasteiger partial charge in [-0.05, 0) is 48.4 Å². The monoisotopic (exact) mass is 444 g/mol. The van der Waals surface area contributed by atoms with Crippen molar-refractivity contribution in [3.8, 4) is 0 Å². The number of carbonyl (C=O) groups excluding carboxylic acids is 1. The van der Waals surface area contributed by atoms with Crippen LogP contribution in [0.3, 0.4) is 0 Å². The van der Waals surface area contributed by atoms with Crippen LogP contribution in [0, 0.1) is 6.92 Å². The molecule has 0 aliphatic carbocycles. The standard InChI is InChI=1S/C24H21ClN6O/c1-16-14-18(25)10-9-17(16)15-31-20-7-3-2-6-19(20)23(29-31)24(32)26-12-11-22-28-27-21-8-4-5-13-30(21)22/h2-10,13-14H,11-12,15H2,1H3,(H,26,32). The van der Waals surface area contributed by atoms with E-state index in [9.17, 15) is 4.79 Å². The first-order valence-electron chi connectivity index (χ1n) is 10.4. The normalized spacial score (nSPS) is 11.3. The minimum atomic E-state index is -0.207. The van der Waals surface area contributed by atoms with Gasteiger partial charge in [0.2, 0.25) is 0 Å². The van der Waals surface area contributed by atoms with Gasteiger partial charge in [0.25, 0.3) is 5.91 Å². The highest BCUT2D eigenvalue weighted by molar-refractivity contribution is 6.30. The van der Waals surface area contributed by atoms with Gasteiger partial charge in [-0.3, -0.25) is 13.9 Å². The number of aromatic nitrogens is 5. The Kier molecular flexibility index (Phi) is 5.33. The average Bonchev–Trinajstić information content (AvgIpc) is 3.38. The van der Waals surface area contributed by atoms with Gasteiger partial charge in [-0.1, -0.05) is 41.9 Å². The largest absolute Gasteiger partial charge is 0.350 e. The summed E-state index contributed by atoms with van der Waals surface area (Å²) in [6, 6.07) is 19.3. The summed E-state index contributed by atoms with van der Waals surface area (Å²) < 4.78 is 3.79. The Labute approximate surface area is 189 Å². The second kappa shape index (κ2) is 8.43. The van der Waals surface area contributed by atoms with Crippen molar-refractivity contribution in [1.29, 1.82) is 0 Å². The topological polar surface area (TPSA) is 77.1 Å². The summed E-state index contributed by atoms with van der Waals surface area (Å²) in [4.78, 5) is 13.0. The van der Waals surface area contributed by atoms with Gasteiger partial charge in [-0.2, -0.15) is 5.10 Å². The molecule has 0 saturated carbocycles. The molecule has 0 aliphatic rings. The number of hydrogen-bond acceptors (Lipinski definition) is 4. The van der Waals surface area contributed by atoms with Gasteiger partial charge in [-0.15, -0.1) is 10.2 Å². The van der Waals surface area contributed by atoms with Crippen molar-refractivity contribution in [3.63, 3.8) is 0 Å². The van der Waals surface area contributed by atoms with E-state index < -0.39 is 0 Å². The minimum absolute atomic E-state index is 0.207. The van der Waals surface area contributed by atoms with Crippen LogP contribution in [0.2, 0.25) is 5.02 Å². The quantitative estimate of drug-likeness (QED) is 0.428. The maximum Gasteiger partial charge on any atom is 0.272 e. The molecule has 0 unspecified atom stereocenters. The zero-order valence-electron chi connectivity index (χ0n) is 17.5. The van der Waals surface area contributed by atoms with Crippen molar-refractivity contribution in [2.24, 2.45) is 0 Å². The molecule has 0 saturated heterocycles. The molecule has 0 aliphatic heterocycles. The molecule has 0 bridgehead atoms. The number of nitrogens with one attached hydrogen (secondary N) is 1. The highest BCUT2D eigenvalue weighted by Gasteiger charge is 2.17. The van der Waals surface area contributed by atoms with Crippen molar-refractivity contribution in [3.05, 3.63) is 94.5 Å². The van der Waals surface area contributed by atoms with Gasteiger partial charge in [0.1, 0.15) is 5.82 Å². The Morgan fingerprint density at radius 1 is 1.06 bits per heavy atom. The molecule has 3 heterocycles. The van der Waals surface area contributed by atoms with E-state index in [-0.39, 0.29) is 5.91 Å². The van der Waals surface area contributed by atoms with E-state index in [1.165, 1.54) is 0 Å². The number of fused-ring (bicyclic) bond motifs is 2. The van der Waals surface area contributed by atoms with E-state index in [4.69, 9.17) is 11.6 Å². The Balaban J connectivity index is 1.36. The van der Waals surface area contributed by atoms with Crippen LogP contribution in [0.1, 0.15) is 27.4 Å². The summed E-state index contributed by atoms with van der Waals surface area (Å²) in [5.41, 5.74) is 4.31. The van der Waals surface area contributed by atoms with Crippen LogP contribution in [0.4, 0.5) is 0 Å². The van der Waals surface area contributed by atoms with Crippen molar-refractivity contribution in [2.75, 3.05) is 6.54 Å². The number of nitrogens with zero attached hydrogens (tertiary/aromatic N) is 5. The summed E-state index contributed by atoms with van der Waals surface area (Å²) in [7, 11) is 0. The smallest absolute Gasteiger partial charge is 0.272 e. The molecule has 0 fully saturated rings. The molecule has 8 heteroatoms. The van der Waals surface area contributed by atoms with Crippen LogP contribution in [0.15, 0.2) is 66.9 Å². The third-order valence-corrected chi connectivity index (χ3v) is 5.75. The van der Waals surface area contributed by atoms with Crippen LogP contribution in [-0.2, 0) is 13.0 Å². The molecule has 3 aromatic heterocycles. The Morgan fingerprint density at radius 3 is 2.78 bits per heavy atom. The lowest BCUT2D eigenvalue weighted by atomic mass is 10.1. The van der Waals surface area contributed by atoms with E-state index in [1.807, 2.05) is 82.9 Å². The number of pyridine rings is 1. The lowest BCUT2D eigenvalue weighted by Crippen LogP contribution is -2.27. The maximum atomic E-state index is 13.0. The van der Waals surface area contributed by atoms with Crippen molar-refractivity contribution < 1.29 is 4.79 Å². The van der Waals surface area contributed by atoms with E-state index in [0.29, 0.717) is 30.2 Å². The molecule has 0 radical (unpaired) electrons. The molecule has 32 heavy (non-hydrogen) atoms. The Bertz CT molecular complexity index is 1440. The average molecular weight is 445 g/mol. The molecular formula is C24H21ClN6O. The number of para-hydroxylation sites is 1. The van der Waals surface area contributed by atoms with Gasteiger partial charge in [0.05, 0.1) is 12.1 Å². The molecule has 1 amide bonds. The molecular weight excluding hydrogens is 424 g/mol. The van der Waals surface area contributed by atoms with E-state index in [2.05, 4.69) is 20.6 Å². The highest BCUT2D eigenvalue weighted by Crippen LogP contribution is 2.22. The molecule has 0 atom stereocenters. The summed E-state index contributed by atoms with van der Waals surface area (Å²) in [6.07, 6.45) is 2.49. The number of hydrogen-bond donors (Lipinski definition) is 1. The maximum absolute atomic E-state index is 13.0. The Hall–Kier alpha value is -3.71. The lowest BCUT2D eigenvalue weighted by molar-refractivity contribution is 0.0949. The summed E-state index contributed by atoms with van der Waals surface area (Å²) >= 11 is 6.09. The summed E-state index contributed by atoms with van der Waals surface area (Å²) in [5.74, 6) is 0.594. The molecule has 5 aromatic rings. The predicted molar refractivity (Wildman–Crippen MR) is 124 cm³/mol. The zero-order valence-corrected chi connectivity index (χ0v) is 18.3. The fourth-order valence-electron chi connectivity index (χ4n) is 3.85. The van der Waals surface area contributed by atoms with Crippen LogP contribution in [0.5, 0.6) is 0 Å². The highest BCUT2D eigenvalue weighted by atomic mass is 35.5. The fraction of sp³-hybridized carbons (Fsp3) is 0.167. The van der Waals surface area contributed by atoms with E-state index in [1.54, 1.807) is 0 Å². The second-order valence-electron chi connectivity index (χ2n) is 7.65. The van der Waals surface area contributed by atoms with Gasteiger partial charge >= 0.3 is 0 Å². The molecule has 1 N–H and O–H groups in total. The molecule has 7 nitrogen and oxygen atoms in total. The number of amides is 1. The van der Waals surface area contributed by atoms with Gasteiger partial charge in [-0.25, -0.2) is 0 Å². The van der Waals surface area contributed by atoms with Crippen LogP contribution < -0.4 is 5.32 Å². The zero-order chi connectivity index (χ0) is 22.1. The van der Waals surface area contributed by atoms with Crippen LogP contribution in [0.25, 0.3) is 16.6 Å². The van der Waals surface area contributed by atoms with E-state index in [0.717, 1.165) is 33.5 Å². The molecule has 2 aromatic carbocycles. The predicted octanol–water partition coefficient (Wildman–Crippen LogP) is 4.06. The number of benzene rings is 2. The van der Waals surface area contributed by atoms with E-state index >= 15 is 0 Å². The number of halogens is 1. The second-order valence-corrected chi connectivity index (χ2v) is 8.08. The first-order chi connectivity index (χ1) is 15.6. The Morgan fingerprint density at radius 2 is 1.91 bits per heavy atom. The third kappa shape index (κ3) is 3.83. The number of aryl methyl sites for hydroxylation is 1. The molecule has 5 rings (SSSR count). The van der Waals surface area contributed by atoms with Crippen molar-refractivity contribution in [2.45, 2.75) is 19.9 Å². The van der Waals surface area contributed by atoms with Gasteiger partial charge < -0.3 is 5.32 Å². The first kappa shape index (κ1) is 20.2. The van der Waals surface area contributed by atoms with Crippen molar-refractivity contribution >= 4 is 34.1 Å². The number of carbonyl (C=O) groups is 1. The third-order valence-electron chi connectivity index (χ3n) is 5.52. The van der Waals surface area contributed by atoms with Gasteiger partial charge in [0.15, 0.2) is 11.3 Å². The van der Waals surface area contributed by atoms with Crippen molar-refractivity contribution in [1.82, 2.24) is 29.7 Å². The first-order valence-corrected chi connectivity index (χ1v) is 10.8. The molecule has 160 valence electrons.